The molecule has 0 amide bonds. The molecular weight excluding hydrogens is 244 g/mol. The lowest BCUT2D eigenvalue weighted by molar-refractivity contribution is -0.120. The van der Waals surface area contributed by atoms with Gasteiger partial charge in [-0.15, -0.1) is 0 Å². The lowest BCUT2D eigenvalue weighted by Gasteiger charge is -2.59. The summed E-state index contributed by atoms with van der Waals surface area (Å²) in [5.41, 5.74) is 2.38. The first kappa shape index (κ1) is 14.4. The number of rotatable bonds is 1. The van der Waals surface area contributed by atoms with E-state index in [1.54, 1.807) is 5.57 Å². The molecule has 0 aromatic carbocycles. The fourth-order valence-corrected chi connectivity index (χ4v) is 5.98. The van der Waals surface area contributed by atoms with Crippen LogP contribution in [0.15, 0.2) is 11.6 Å². The molecule has 1 unspecified atom stereocenters. The van der Waals surface area contributed by atoms with Gasteiger partial charge in [-0.1, -0.05) is 45.8 Å². The molecule has 0 bridgehead atoms. The number of aldehydes is 1. The number of hydrogen-bond acceptors (Lipinski definition) is 1. The average Bonchev–Trinajstić information content (AvgIpc) is 2.39. The molecule has 0 aromatic rings. The van der Waals surface area contributed by atoms with Crippen LogP contribution >= 0.6 is 0 Å². The third-order valence-electron chi connectivity index (χ3n) is 7.12. The Bertz CT molecular complexity index is 447. The van der Waals surface area contributed by atoms with E-state index in [1.807, 2.05) is 0 Å². The largest absolute Gasteiger partial charge is 0.303 e. The highest BCUT2D eigenvalue weighted by Gasteiger charge is 2.55. The first-order valence-electron chi connectivity index (χ1n) is 8.50. The minimum atomic E-state index is -0.0976. The molecule has 0 spiro atoms. The van der Waals surface area contributed by atoms with Gasteiger partial charge in [-0.05, 0) is 61.2 Å². The number of hydrogen-bond donors (Lipinski definition) is 0. The lowest BCUT2D eigenvalue weighted by atomic mass is 9.45. The van der Waals surface area contributed by atoms with Gasteiger partial charge in [0.25, 0.3) is 0 Å². The molecule has 20 heavy (non-hydrogen) atoms. The van der Waals surface area contributed by atoms with Gasteiger partial charge in [0.1, 0.15) is 6.29 Å². The van der Waals surface area contributed by atoms with Gasteiger partial charge in [-0.25, -0.2) is 0 Å². The molecule has 0 saturated heterocycles. The molecule has 2 fully saturated rings. The summed E-state index contributed by atoms with van der Waals surface area (Å²) in [6, 6.07) is 0. The maximum Gasteiger partial charge on any atom is 0.126 e. The highest BCUT2D eigenvalue weighted by Crippen LogP contribution is 2.64. The molecule has 3 aliphatic rings. The van der Waals surface area contributed by atoms with Crippen LogP contribution in [0.3, 0.4) is 0 Å². The predicted octanol–water partition coefficient (Wildman–Crippen LogP) is 5.15. The Morgan fingerprint density at radius 1 is 1.10 bits per heavy atom. The second kappa shape index (κ2) is 4.45. The monoisotopic (exact) mass is 274 g/mol. The van der Waals surface area contributed by atoms with Crippen molar-refractivity contribution >= 4 is 6.29 Å². The summed E-state index contributed by atoms with van der Waals surface area (Å²) in [6.45, 7) is 9.65. The van der Waals surface area contributed by atoms with Gasteiger partial charge in [0, 0.05) is 5.41 Å². The van der Waals surface area contributed by atoms with Crippen molar-refractivity contribution in [1.82, 2.24) is 0 Å². The van der Waals surface area contributed by atoms with E-state index >= 15 is 0 Å². The Morgan fingerprint density at radius 2 is 1.85 bits per heavy atom. The molecule has 0 heterocycles. The van der Waals surface area contributed by atoms with Crippen LogP contribution in [0.1, 0.15) is 72.6 Å². The number of carbonyl (C=O) groups excluding carboxylic acids is 1. The van der Waals surface area contributed by atoms with E-state index in [-0.39, 0.29) is 5.41 Å². The third kappa shape index (κ3) is 1.84. The smallest absolute Gasteiger partial charge is 0.126 e. The van der Waals surface area contributed by atoms with E-state index in [1.165, 1.54) is 38.4 Å². The molecule has 3 aliphatic carbocycles. The molecule has 0 radical (unpaired) electrons. The summed E-state index contributed by atoms with van der Waals surface area (Å²) < 4.78 is 0. The van der Waals surface area contributed by atoms with Gasteiger partial charge >= 0.3 is 0 Å². The van der Waals surface area contributed by atoms with Crippen LogP contribution in [0.2, 0.25) is 0 Å². The van der Waals surface area contributed by atoms with Gasteiger partial charge in [0.05, 0.1) is 0 Å². The summed E-state index contributed by atoms with van der Waals surface area (Å²) in [5, 5.41) is 0. The van der Waals surface area contributed by atoms with E-state index in [9.17, 15) is 4.79 Å². The van der Waals surface area contributed by atoms with Crippen LogP contribution in [0.25, 0.3) is 0 Å². The quantitative estimate of drug-likeness (QED) is 0.477. The molecule has 0 aromatic heterocycles. The Balaban J connectivity index is 2.02. The Morgan fingerprint density at radius 3 is 2.55 bits per heavy atom. The van der Waals surface area contributed by atoms with E-state index < -0.39 is 0 Å². The molecule has 1 heteroatoms. The number of allylic oxidation sites excluding steroid dienone is 2. The van der Waals surface area contributed by atoms with Gasteiger partial charge in [-0.2, -0.15) is 0 Å². The van der Waals surface area contributed by atoms with E-state index in [2.05, 4.69) is 33.8 Å². The molecule has 0 N–H and O–H groups in total. The fourth-order valence-electron chi connectivity index (χ4n) is 5.98. The van der Waals surface area contributed by atoms with Crippen LogP contribution in [-0.2, 0) is 4.79 Å². The van der Waals surface area contributed by atoms with Gasteiger partial charge in [-0.3, -0.25) is 0 Å². The van der Waals surface area contributed by atoms with Gasteiger partial charge in [0.2, 0.25) is 0 Å². The first-order chi connectivity index (χ1) is 9.33. The summed E-state index contributed by atoms with van der Waals surface area (Å²) in [5.74, 6) is 1.32. The normalized spacial score (nSPS) is 46.9. The average molecular weight is 274 g/mol. The fraction of sp³-hybridized carbons (Fsp3) is 0.842. The van der Waals surface area contributed by atoms with Crippen LogP contribution in [0, 0.1) is 28.1 Å². The van der Waals surface area contributed by atoms with Gasteiger partial charge in [0.15, 0.2) is 0 Å². The Hall–Kier alpha value is -0.590. The number of carbonyl (C=O) groups is 1. The third-order valence-corrected chi connectivity index (χ3v) is 7.12. The van der Waals surface area contributed by atoms with Crippen molar-refractivity contribution in [2.45, 2.75) is 72.6 Å². The predicted molar refractivity (Wildman–Crippen MR) is 83.4 cm³/mol. The highest BCUT2D eigenvalue weighted by atomic mass is 16.1. The van der Waals surface area contributed by atoms with Crippen molar-refractivity contribution in [3.63, 3.8) is 0 Å². The second-order valence-corrected chi connectivity index (χ2v) is 8.76. The summed E-state index contributed by atoms with van der Waals surface area (Å²) in [7, 11) is 0. The van der Waals surface area contributed by atoms with Crippen molar-refractivity contribution in [2.24, 2.45) is 28.1 Å². The van der Waals surface area contributed by atoms with Crippen LogP contribution < -0.4 is 0 Å². The summed E-state index contributed by atoms with van der Waals surface area (Å²) >= 11 is 0. The maximum atomic E-state index is 11.7. The second-order valence-electron chi connectivity index (χ2n) is 8.76. The van der Waals surface area contributed by atoms with Crippen molar-refractivity contribution in [2.75, 3.05) is 0 Å². The molecule has 0 aliphatic heterocycles. The SMILES string of the molecule is CC1(C)CCC[C@@]2(C)C3=CCC[C@](C)(C=O)[C@@H]3CCC12. The molecule has 4 atom stereocenters. The zero-order valence-corrected chi connectivity index (χ0v) is 13.7. The minimum absolute atomic E-state index is 0.0976. The van der Waals surface area contributed by atoms with E-state index in [0.29, 0.717) is 16.7 Å². The van der Waals surface area contributed by atoms with E-state index in [4.69, 9.17) is 0 Å². The molecule has 112 valence electrons. The standard InChI is InChI=1S/C19H30O/c1-17(2)10-6-12-19(4)15-7-5-11-18(3,13-20)14(15)8-9-16(17)19/h7,13-14,16H,5-6,8-12H2,1-4H3/t14-,16?,18-,19+/m1/s1. The molecular formula is C19H30O. The number of fused-ring (bicyclic) bond motifs is 3. The molecule has 2 saturated carbocycles. The molecule has 3 rings (SSSR count). The van der Waals surface area contributed by atoms with Crippen molar-refractivity contribution < 1.29 is 4.79 Å². The zero-order valence-electron chi connectivity index (χ0n) is 13.7. The van der Waals surface area contributed by atoms with Crippen LogP contribution in [0.5, 0.6) is 0 Å². The lowest BCUT2D eigenvalue weighted by Crippen LogP contribution is -2.51. The Labute approximate surface area is 124 Å². The summed E-state index contributed by atoms with van der Waals surface area (Å²) in [6.07, 6.45) is 12.5. The topological polar surface area (TPSA) is 17.1 Å². The van der Waals surface area contributed by atoms with Crippen molar-refractivity contribution in [3.8, 4) is 0 Å². The summed E-state index contributed by atoms with van der Waals surface area (Å²) in [4.78, 5) is 11.7. The van der Waals surface area contributed by atoms with Gasteiger partial charge < -0.3 is 4.79 Å². The van der Waals surface area contributed by atoms with Crippen LogP contribution in [-0.4, -0.2) is 6.29 Å². The van der Waals surface area contributed by atoms with Crippen LogP contribution in [0.4, 0.5) is 0 Å². The maximum absolute atomic E-state index is 11.7. The zero-order chi connectivity index (χ0) is 14.6. The van der Waals surface area contributed by atoms with E-state index in [0.717, 1.165) is 18.8 Å². The van der Waals surface area contributed by atoms with Crippen molar-refractivity contribution in [3.05, 3.63) is 11.6 Å². The first-order valence-corrected chi connectivity index (χ1v) is 8.50. The Kier molecular flexibility index (Phi) is 3.19. The van der Waals surface area contributed by atoms with Crippen molar-refractivity contribution in [1.29, 1.82) is 0 Å². The highest BCUT2D eigenvalue weighted by molar-refractivity contribution is 5.61. The minimum Gasteiger partial charge on any atom is -0.303 e. The molecule has 1 nitrogen and oxygen atoms in total.